The molecular weight excluding hydrogens is 1540 g/mol. The van der Waals surface area contributed by atoms with E-state index in [0.29, 0.717) is 51.4 Å². The Morgan fingerprint density at radius 3 is 0.991 bits per heavy atom. The van der Waals surface area contributed by atoms with E-state index in [4.69, 9.17) is 46.5 Å². The zero-order valence-electron chi connectivity index (χ0n) is 74.3. The van der Waals surface area contributed by atoms with Crippen molar-refractivity contribution in [2.75, 3.05) is 65.9 Å². The van der Waals surface area contributed by atoms with Crippen LogP contribution in [0.25, 0.3) is 0 Å². The molecule has 0 radical (unpaired) electrons. The van der Waals surface area contributed by atoms with Gasteiger partial charge in [-0.2, -0.15) is 0 Å². The highest BCUT2D eigenvalue weighted by molar-refractivity contribution is 7.47. The zero-order chi connectivity index (χ0) is 86.2. The minimum Gasteiger partial charge on any atom is -0.462 e. The Hall–Kier alpha value is -3.72. The lowest BCUT2D eigenvalue weighted by Crippen LogP contribution is -2.48. The molecule has 1 aliphatic heterocycles. The molecule has 0 aliphatic carbocycles. The van der Waals surface area contributed by atoms with Gasteiger partial charge in [0.1, 0.15) is 12.2 Å². The third-order valence-electron chi connectivity index (χ3n) is 20.6. The van der Waals surface area contributed by atoms with Crippen LogP contribution in [0.2, 0.25) is 0 Å². The van der Waals surface area contributed by atoms with Crippen molar-refractivity contribution >= 4 is 51.2 Å². The predicted molar refractivity (Wildman–Crippen MR) is 463 cm³/mol. The van der Waals surface area contributed by atoms with Gasteiger partial charge in [0, 0.05) is 39.1 Å². The van der Waals surface area contributed by atoms with E-state index in [9.17, 15) is 57.9 Å². The number of phosphoric acid groups is 2. The highest BCUT2D eigenvalue weighted by atomic mass is 31.2. The minimum absolute atomic E-state index is 0.133. The predicted octanol–water partition coefficient (Wildman–Crippen LogP) is 19.1. The van der Waals surface area contributed by atoms with Gasteiger partial charge in [-0.05, 0) is 117 Å². The SMILES string of the molecule is CCCCCCC=CCCCC(=O)O[C@H](CCCCCCCCCCC)CC(=O)NC(COCC[C@H](O)CCCCCCC)COP(=O)(O)OCCNC(=O)C1OC(C)(C)OC1C(=O)NCCOP(=O)(O)OCC(COCC[C@H](O)CCCCCCC)NC(=O)C[C@@H](CCCCCCCCCCC)OC(=O)CCCC=CCCCCCC. The summed E-state index contributed by atoms with van der Waals surface area (Å²) in [5.41, 5.74) is 0. The molecule has 1 aliphatic rings. The molecule has 686 valence electrons. The number of allylic oxidation sites excluding steroid dienone is 4. The van der Waals surface area contributed by atoms with Gasteiger partial charge in [0.15, 0.2) is 18.0 Å². The first-order valence-corrected chi connectivity index (χ1v) is 49.3. The van der Waals surface area contributed by atoms with E-state index in [1.165, 1.54) is 104 Å². The zero-order valence-corrected chi connectivity index (χ0v) is 76.1. The molecule has 1 fully saturated rings. The first-order chi connectivity index (χ1) is 56.4. The van der Waals surface area contributed by atoms with Gasteiger partial charge in [-0.25, -0.2) is 9.13 Å². The van der Waals surface area contributed by atoms with Crippen LogP contribution in [0.15, 0.2) is 24.3 Å². The maximum Gasteiger partial charge on any atom is 0.472 e. The van der Waals surface area contributed by atoms with Gasteiger partial charge in [-0.3, -0.25) is 46.9 Å². The molecular formula is C89H168N4O22P2. The van der Waals surface area contributed by atoms with Crippen molar-refractivity contribution in [1.82, 2.24) is 21.3 Å². The van der Waals surface area contributed by atoms with Crippen molar-refractivity contribution in [3.05, 3.63) is 24.3 Å². The maximum atomic E-state index is 13.9. The fourth-order valence-corrected chi connectivity index (χ4v) is 15.2. The van der Waals surface area contributed by atoms with Crippen molar-refractivity contribution in [1.29, 1.82) is 0 Å². The van der Waals surface area contributed by atoms with E-state index in [0.717, 1.165) is 167 Å². The average molecular weight is 1710 g/mol. The van der Waals surface area contributed by atoms with Crippen molar-refractivity contribution in [2.45, 2.75) is 444 Å². The van der Waals surface area contributed by atoms with Crippen LogP contribution in [0.5, 0.6) is 0 Å². The van der Waals surface area contributed by atoms with Gasteiger partial charge >= 0.3 is 27.6 Å². The van der Waals surface area contributed by atoms with E-state index < -0.39 is 120 Å². The molecule has 0 aromatic heterocycles. The first-order valence-electron chi connectivity index (χ1n) is 46.4. The van der Waals surface area contributed by atoms with Crippen LogP contribution in [-0.2, 0) is 84.4 Å². The molecule has 10 atom stereocenters. The quantitative estimate of drug-likeness (QED) is 0.0121. The van der Waals surface area contributed by atoms with Crippen molar-refractivity contribution in [3.63, 3.8) is 0 Å². The van der Waals surface area contributed by atoms with Gasteiger partial charge in [0.2, 0.25) is 11.8 Å². The number of esters is 2. The Labute approximate surface area is 707 Å². The molecule has 8 N–H and O–H groups in total. The maximum absolute atomic E-state index is 13.9. The highest BCUT2D eigenvalue weighted by Crippen LogP contribution is 2.44. The van der Waals surface area contributed by atoms with Crippen molar-refractivity contribution < 1.29 is 104 Å². The number of phosphoric ester groups is 2. The van der Waals surface area contributed by atoms with Crippen LogP contribution in [0.4, 0.5) is 0 Å². The van der Waals surface area contributed by atoms with Crippen molar-refractivity contribution in [2.24, 2.45) is 0 Å². The number of amides is 4. The van der Waals surface area contributed by atoms with Crippen LogP contribution in [0.1, 0.15) is 389 Å². The number of carbonyl (C=O) groups excluding carboxylic acids is 6. The number of ether oxygens (including phenoxy) is 6. The highest BCUT2D eigenvalue weighted by Gasteiger charge is 2.49. The number of rotatable bonds is 84. The normalized spacial score (nSPS) is 16.8. The number of hydrogen-bond acceptors (Lipinski definition) is 20. The number of carbonyl (C=O) groups is 6. The summed E-state index contributed by atoms with van der Waals surface area (Å²) in [6.45, 7) is 13.0. The Morgan fingerprint density at radius 1 is 0.376 bits per heavy atom. The topological polar surface area (TPSA) is 358 Å². The summed E-state index contributed by atoms with van der Waals surface area (Å²) in [5, 5.41) is 32.1. The molecule has 4 amide bonds. The number of aliphatic hydroxyl groups is 2. The minimum atomic E-state index is -4.88. The lowest BCUT2D eigenvalue weighted by atomic mass is 10.0. The van der Waals surface area contributed by atoms with Gasteiger partial charge in [0.25, 0.3) is 11.8 Å². The number of unbranched alkanes of at least 4 members (excludes halogenated alkanes) is 34. The molecule has 0 bridgehead atoms. The van der Waals surface area contributed by atoms with Crippen LogP contribution in [-0.4, -0.2) is 176 Å². The van der Waals surface area contributed by atoms with Gasteiger partial charge in [0.05, 0.1) is 76.8 Å². The lowest BCUT2D eigenvalue weighted by molar-refractivity contribution is -0.159. The summed E-state index contributed by atoms with van der Waals surface area (Å²) >= 11 is 0. The summed E-state index contributed by atoms with van der Waals surface area (Å²) in [4.78, 5) is 103. The molecule has 1 rings (SSSR count). The molecule has 1 heterocycles. The van der Waals surface area contributed by atoms with Crippen LogP contribution < -0.4 is 21.3 Å². The standard InChI is InChI=1S/C89H168N4O22P2/c1-9-15-21-27-31-35-39-45-51-57-79(112-83(98)59-53-47-41-37-33-29-23-17-11-3)69-81(96)92-75(71-106-65-61-77(94)55-49-43-25-19-13-5)73-110-116(102,103)108-67-63-90-87(100)85-86(115-89(7,8)114-85)88(101)91-64-68-109-117(104,105)111-74-76(72-107-66-62-78(95)56-50-44-26-20-14-6)93-82(97)70-80(58-52-46-40-36-32-28-22-16-10-2)113-84(99)60-54-48-42-38-34-30-24-18-12-4/h37-38,41-42,75-80,85-86,94-95H,9-36,39-40,43-74H2,1-8H3,(H,90,100)(H,91,101)(H,92,96)(H,93,97)(H,102,103)(H,104,105)/t75?,76?,77-,78-,79-,80-,85?,86?/m1/s1. The van der Waals surface area contributed by atoms with Crippen molar-refractivity contribution in [3.8, 4) is 0 Å². The van der Waals surface area contributed by atoms with Gasteiger partial charge < -0.3 is 69.7 Å². The van der Waals surface area contributed by atoms with Gasteiger partial charge in [-0.1, -0.05) is 271 Å². The number of aliphatic hydroxyl groups excluding tert-OH is 2. The van der Waals surface area contributed by atoms with E-state index in [1.807, 2.05) is 0 Å². The van der Waals surface area contributed by atoms with Gasteiger partial charge in [-0.15, -0.1) is 0 Å². The fraction of sp³-hybridized carbons (Fsp3) is 0.888. The fourth-order valence-electron chi connectivity index (χ4n) is 13.7. The Bertz CT molecular complexity index is 2460. The third-order valence-corrected chi connectivity index (χ3v) is 22.6. The number of nitrogens with one attached hydrogen (secondary N) is 4. The lowest BCUT2D eigenvalue weighted by Gasteiger charge is -2.23. The first kappa shape index (κ1) is 111. The molecule has 6 unspecified atom stereocenters. The average Bonchev–Trinajstić information content (AvgIpc) is 1.66. The van der Waals surface area contributed by atoms with Crippen LogP contribution in [0, 0.1) is 0 Å². The molecule has 28 heteroatoms. The molecule has 0 saturated carbocycles. The summed E-state index contributed by atoms with van der Waals surface area (Å²) in [6, 6.07) is -1.97. The molecule has 117 heavy (non-hydrogen) atoms. The Balaban J connectivity index is 3.11. The molecule has 1 saturated heterocycles. The summed E-state index contributed by atoms with van der Waals surface area (Å²) < 4.78 is 83.5. The van der Waals surface area contributed by atoms with E-state index in [2.05, 4.69) is 87.1 Å². The second kappa shape index (κ2) is 74.9. The smallest absolute Gasteiger partial charge is 0.462 e. The van der Waals surface area contributed by atoms with Crippen LogP contribution in [0.3, 0.4) is 0 Å². The van der Waals surface area contributed by atoms with E-state index >= 15 is 0 Å². The molecule has 0 aromatic carbocycles. The summed E-state index contributed by atoms with van der Waals surface area (Å²) in [7, 11) is -9.77. The summed E-state index contributed by atoms with van der Waals surface area (Å²) in [6.07, 6.45) is 50.1. The second-order valence-corrected chi connectivity index (χ2v) is 35.4. The summed E-state index contributed by atoms with van der Waals surface area (Å²) in [5.74, 6) is -4.88. The Kier molecular flexibility index (Phi) is 71.2. The monoisotopic (exact) mass is 1710 g/mol. The molecule has 0 aromatic rings. The number of hydrogen-bond donors (Lipinski definition) is 8. The second-order valence-electron chi connectivity index (χ2n) is 32.5. The molecule has 26 nitrogen and oxygen atoms in total. The largest absolute Gasteiger partial charge is 0.472 e. The van der Waals surface area contributed by atoms with E-state index in [1.54, 1.807) is 0 Å². The molecule has 0 spiro atoms. The van der Waals surface area contributed by atoms with Crippen LogP contribution >= 0.6 is 15.6 Å². The van der Waals surface area contributed by atoms with E-state index in [-0.39, 0.29) is 77.1 Å². The Morgan fingerprint density at radius 2 is 0.667 bits per heavy atom. The third kappa shape index (κ3) is 67.5.